The Balaban J connectivity index is 2.68. The molecule has 1 rings (SSSR count). The topological polar surface area (TPSA) is 93.7 Å². The van der Waals surface area contributed by atoms with Crippen molar-refractivity contribution in [2.24, 2.45) is 0 Å². The lowest BCUT2D eigenvalue weighted by molar-refractivity contribution is 0.0955. The lowest BCUT2D eigenvalue weighted by Crippen LogP contribution is -2.34. The van der Waals surface area contributed by atoms with E-state index in [9.17, 15) is 13.2 Å². The molecule has 8 heteroatoms. The fraction of sp³-hybridized carbons (Fsp3) is 0.462. The second kappa shape index (κ2) is 7.84. The zero-order valence-electron chi connectivity index (χ0n) is 12.3. The van der Waals surface area contributed by atoms with Gasteiger partial charge in [-0.2, -0.15) is 0 Å². The molecule has 0 heterocycles. The van der Waals surface area contributed by atoms with Crippen LogP contribution in [0.4, 0.5) is 0 Å². The number of carbonyl (C=O) groups excluding carboxylic acids is 1. The molecule has 0 aromatic heterocycles. The van der Waals surface area contributed by atoms with E-state index in [0.717, 1.165) is 0 Å². The van der Waals surface area contributed by atoms with Crippen LogP contribution in [0.2, 0.25) is 0 Å². The van der Waals surface area contributed by atoms with Crippen LogP contribution in [0.5, 0.6) is 11.5 Å². The van der Waals surface area contributed by atoms with Crippen LogP contribution in [0.1, 0.15) is 17.3 Å². The van der Waals surface area contributed by atoms with Crippen LogP contribution in [-0.2, 0) is 10.0 Å². The molecule has 0 radical (unpaired) electrons. The van der Waals surface area contributed by atoms with Crippen molar-refractivity contribution in [3.8, 4) is 11.5 Å². The first-order valence-electron chi connectivity index (χ1n) is 6.40. The van der Waals surface area contributed by atoms with Crippen molar-refractivity contribution in [2.75, 3.05) is 33.1 Å². The van der Waals surface area contributed by atoms with E-state index in [2.05, 4.69) is 10.0 Å². The largest absolute Gasteiger partial charge is 0.497 e. The van der Waals surface area contributed by atoms with Gasteiger partial charge in [0.1, 0.15) is 11.5 Å². The van der Waals surface area contributed by atoms with Gasteiger partial charge in [-0.25, -0.2) is 13.1 Å². The minimum atomic E-state index is -3.35. The summed E-state index contributed by atoms with van der Waals surface area (Å²) >= 11 is 0. The van der Waals surface area contributed by atoms with E-state index in [-0.39, 0.29) is 18.2 Å². The average molecular weight is 316 g/mol. The van der Waals surface area contributed by atoms with E-state index in [1.165, 1.54) is 14.2 Å². The van der Waals surface area contributed by atoms with Crippen LogP contribution in [0.15, 0.2) is 18.2 Å². The van der Waals surface area contributed by atoms with Crippen molar-refractivity contribution in [2.45, 2.75) is 6.92 Å². The Kier molecular flexibility index (Phi) is 6.44. The van der Waals surface area contributed by atoms with Gasteiger partial charge in [-0.05, 0) is 12.1 Å². The molecule has 0 saturated carbocycles. The summed E-state index contributed by atoms with van der Waals surface area (Å²) < 4.78 is 35.4. The quantitative estimate of drug-likeness (QED) is 0.723. The van der Waals surface area contributed by atoms with E-state index in [1.54, 1.807) is 25.1 Å². The highest BCUT2D eigenvalue weighted by Crippen LogP contribution is 2.22. The summed E-state index contributed by atoms with van der Waals surface area (Å²) in [7, 11) is -0.378. The van der Waals surface area contributed by atoms with Crippen LogP contribution < -0.4 is 19.5 Å². The third kappa shape index (κ3) is 5.60. The molecular formula is C13H20N2O5S. The van der Waals surface area contributed by atoms with Crippen LogP contribution in [-0.4, -0.2) is 47.4 Å². The number of ether oxygens (including phenoxy) is 2. The van der Waals surface area contributed by atoms with Gasteiger partial charge < -0.3 is 14.8 Å². The van der Waals surface area contributed by atoms with Gasteiger partial charge in [-0.1, -0.05) is 6.92 Å². The molecule has 0 bridgehead atoms. The number of sulfonamides is 1. The van der Waals surface area contributed by atoms with Gasteiger partial charge >= 0.3 is 0 Å². The predicted octanol–water partition coefficient (Wildman–Crippen LogP) is 0.373. The van der Waals surface area contributed by atoms with Gasteiger partial charge in [0, 0.05) is 24.7 Å². The summed E-state index contributed by atoms with van der Waals surface area (Å²) in [6.45, 7) is 2.04. The minimum Gasteiger partial charge on any atom is -0.497 e. The Labute approximate surface area is 124 Å². The van der Waals surface area contributed by atoms with Gasteiger partial charge in [0.25, 0.3) is 5.91 Å². The molecule has 21 heavy (non-hydrogen) atoms. The summed E-state index contributed by atoms with van der Waals surface area (Å²) in [5, 5.41) is 2.55. The monoisotopic (exact) mass is 316 g/mol. The molecule has 118 valence electrons. The molecule has 1 aromatic rings. The first kappa shape index (κ1) is 17.3. The maximum atomic E-state index is 12.0. The number of hydrogen-bond acceptors (Lipinski definition) is 5. The van der Waals surface area contributed by atoms with Gasteiger partial charge in [-0.15, -0.1) is 0 Å². The Morgan fingerprint density at radius 3 is 2.19 bits per heavy atom. The standard InChI is InChI=1S/C13H20N2O5S/c1-4-15-21(17,18)6-5-14-13(16)10-7-11(19-2)9-12(8-10)20-3/h7-9,15H,4-6H2,1-3H3,(H,14,16). The highest BCUT2D eigenvalue weighted by atomic mass is 32.2. The third-order valence-electron chi connectivity index (χ3n) is 2.63. The molecule has 0 aliphatic heterocycles. The molecule has 0 fully saturated rings. The minimum absolute atomic E-state index is 0.0215. The molecule has 0 unspecified atom stereocenters. The number of hydrogen-bond donors (Lipinski definition) is 2. The molecule has 1 amide bonds. The smallest absolute Gasteiger partial charge is 0.251 e. The van der Waals surface area contributed by atoms with E-state index < -0.39 is 10.0 Å². The van der Waals surface area contributed by atoms with Crippen molar-refractivity contribution < 1.29 is 22.7 Å². The van der Waals surface area contributed by atoms with Crippen molar-refractivity contribution in [3.63, 3.8) is 0 Å². The van der Waals surface area contributed by atoms with E-state index >= 15 is 0 Å². The summed E-state index contributed by atoms with van der Waals surface area (Å²) in [6, 6.07) is 4.75. The second-order valence-corrected chi connectivity index (χ2v) is 6.10. The summed E-state index contributed by atoms with van der Waals surface area (Å²) in [6.07, 6.45) is 0. The van der Waals surface area contributed by atoms with Crippen LogP contribution >= 0.6 is 0 Å². The molecule has 0 atom stereocenters. The third-order valence-corrected chi connectivity index (χ3v) is 4.10. The average Bonchev–Trinajstić information content (AvgIpc) is 2.46. The fourth-order valence-corrected chi connectivity index (χ4v) is 2.59. The first-order valence-corrected chi connectivity index (χ1v) is 8.05. The van der Waals surface area contributed by atoms with Gasteiger partial charge in [0.15, 0.2) is 0 Å². The highest BCUT2D eigenvalue weighted by Gasteiger charge is 2.12. The van der Waals surface area contributed by atoms with E-state index in [1.807, 2.05) is 0 Å². The van der Waals surface area contributed by atoms with Gasteiger partial charge in [0.05, 0.1) is 20.0 Å². The van der Waals surface area contributed by atoms with Crippen LogP contribution in [0, 0.1) is 0 Å². The summed E-state index contributed by atoms with van der Waals surface area (Å²) in [5.41, 5.74) is 0.340. The van der Waals surface area contributed by atoms with E-state index in [4.69, 9.17) is 9.47 Å². The van der Waals surface area contributed by atoms with Crippen molar-refractivity contribution in [1.29, 1.82) is 0 Å². The lowest BCUT2D eigenvalue weighted by atomic mass is 10.2. The fourth-order valence-electron chi connectivity index (χ4n) is 1.63. The van der Waals surface area contributed by atoms with Crippen molar-refractivity contribution >= 4 is 15.9 Å². The predicted molar refractivity (Wildman–Crippen MR) is 79.3 cm³/mol. The first-order chi connectivity index (χ1) is 9.91. The number of amides is 1. The number of rotatable bonds is 8. The molecule has 0 aliphatic rings. The highest BCUT2D eigenvalue weighted by molar-refractivity contribution is 7.89. The maximum absolute atomic E-state index is 12.0. The van der Waals surface area contributed by atoms with E-state index in [0.29, 0.717) is 23.6 Å². The Morgan fingerprint density at radius 1 is 1.14 bits per heavy atom. The Morgan fingerprint density at radius 2 is 1.71 bits per heavy atom. The van der Waals surface area contributed by atoms with Gasteiger partial charge in [0.2, 0.25) is 10.0 Å². The van der Waals surface area contributed by atoms with Crippen LogP contribution in [0.3, 0.4) is 0 Å². The number of methoxy groups -OCH3 is 2. The maximum Gasteiger partial charge on any atom is 0.251 e. The Bertz CT molecular complexity index is 564. The zero-order chi connectivity index (χ0) is 15.9. The molecular weight excluding hydrogens is 296 g/mol. The summed E-state index contributed by atoms with van der Waals surface area (Å²) in [5.74, 6) is 0.409. The Hall–Kier alpha value is -1.80. The van der Waals surface area contributed by atoms with Gasteiger partial charge in [-0.3, -0.25) is 4.79 Å². The molecule has 7 nitrogen and oxygen atoms in total. The molecule has 0 spiro atoms. The molecule has 0 aliphatic carbocycles. The number of benzene rings is 1. The van der Waals surface area contributed by atoms with Crippen LogP contribution in [0.25, 0.3) is 0 Å². The summed E-state index contributed by atoms with van der Waals surface area (Å²) in [4.78, 5) is 12.0. The lowest BCUT2D eigenvalue weighted by Gasteiger charge is -2.09. The number of nitrogens with one attached hydrogen (secondary N) is 2. The molecule has 0 saturated heterocycles. The zero-order valence-corrected chi connectivity index (χ0v) is 13.1. The molecule has 2 N–H and O–H groups in total. The molecule has 1 aromatic carbocycles. The SMILES string of the molecule is CCNS(=O)(=O)CCNC(=O)c1cc(OC)cc(OC)c1. The van der Waals surface area contributed by atoms with Crippen molar-refractivity contribution in [1.82, 2.24) is 10.0 Å². The van der Waals surface area contributed by atoms with Crippen molar-refractivity contribution in [3.05, 3.63) is 23.8 Å². The number of carbonyl (C=O) groups is 1. The second-order valence-electron chi connectivity index (χ2n) is 4.17. The normalized spacial score (nSPS) is 11.0.